The molecule has 1 atom stereocenters. The Morgan fingerprint density at radius 3 is 2.41 bits per heavy atom. The summed E-state index contributed by atoms with van der Waals surface area (Å²) in [6.07, 6.45) is 3.33. The van der Waals surface area contributed by atoms with Gasteiger partial charge in [-0.15, -0.1) is 0 Å². The predicted octanol–water partition coefficient (Wildman–Crippen LogP) is 5.50. The first-order chi connectivity index (χ1) is 19.0. The summed E-state index contributed by atoms with van der Waals surface area (Å²) in [6, 6.07) is 22.8. The van der Waals surface area contributed by atoms with Gasteiger partial charge in [0.25, 0.3) is 5.91 Å². The highest BCUT2D eigenvalue weighted by atomic mass is 35.5. The van der Waals surface area contributed by atoms with Crippen molar-refractivity contribution >= 4 is 56.9 Å². The van der Waals surface area contributed by atoms with Gasteiger partial charge in [0.1, 0.15) is 5.75 Å². The number of nitrogens with zero attached hydrogens (tertiary/aromatic N) is 3. The monoisotopic (exact) mass is 558 g/mol. The molecule has 3 N–H and O–H groups in total. The minimum absolute atomic E-state index is 0.249. The number of pyridine rings is 1. The van der Waals surface area contributed by atoms with Gasteiger partial charge >= 0.3 is 0 Å². The lowest BCUT2D eigenvalue weighted by molar-refractivity contribution is 0.0950. The maximum Gasteiger partial charge on any atom is 0.251 e. The molecule has 0 radical (unpaired) electrons. The van der Waals surface area contributed by atoms with E-state index in [4.69, 9.17) is 16.3 Å². The molecule has 11 heteroatoms. The van der Waals surface area contributed by atoms with Crippen LogP contribution in [0.3, 0.4) is 0 Å². The molecule has 1 amide bonds. The Hall–Kier alpha value is -4.54. The van der Waals surface area contributed by atoms with Crippen LogP contribution in [0.1, 0.15) is 15.9 Å². The number of anilines is 3. The lowest BCUT2D eigenvalue weighted by Crippen LogP contribution is -2.23. The average molecular weight is 559 g/mol. The number of carbonyl (C=O) groups is 1. The summed E-state index contributed by atoms with van der Waals surface area (Å²) in [5.74, 6) is 0.890. The fourth-order valence-corrected chi connectivity index (χ4v) is 4.73. The number of aromatic nitrogens is 3. The van der Waals surface area contributed by atoms with E-state index in [1.54, 1.807) is 62.0 Å². The van der Waals surface area contributed by atoms with Gasteiger partial charge in [-0.1, -0.05) is 29.8 Å². The Kier molecular flexibility index (Phi) is 7.95. The lowest BCUT2D eigenvalue weighted by atomic mass is 10.2. The number of hydrogen-bond acceptors (Lipinski definition) is 7. The molecule has 196 valence electrons. The van der Waals surface area contributed by atoms with Gasteiger partial charge in [0.2, 0.25) is 0 Å². The van der Waals surface area contributed by atoms with Crippen LogP contribution >= 0.6 is 11.6 Å². The normalized spacial score (nSPS) is 11.5. The highest BCUT2D eigenvalue weighted by Crippen LogP contribution is 2.32. The van der Waals surface area contributed by atoms with Crippen LogP contribution in [0.2, 0.25) is 5.02 Å². The van der Waals surface area contributed by atoms with Gasteiger partial charge in [-0.2, -0.15) is 0 Å². The van der Waals surface area contributed by atoms with Crippen LogP contribution in [-0.4, -0.2) is 32.2 Å². The minimum Gasteiger partial charge on any atom is -0.497 e. The summed E-state index contributed by atoms with van der Waals surface area (Å²) in [5.41, 5.74) is 3.10. The third-order valence-corrected chi connectivity index (χ3v) is 7.09. The summed E-state index contributed by atoms with van der Waals surface area (Å²) in [7, 11) is -0.200. The number of hydrogen-bond donors (Lipinski definition) is 3. The Labute approximate surface area is 232 Å². The number of rotatable bonds is 9. The zero-order valence-electron chi connectivity index (χ0n) is 20.7. The molecule has 2 aromatic heterocycles. The van der Waals surface area contributed by atoms with Gasteiger partial charge in [-0.3, -0.25) is 14.5 Å². The first-order valence-corrected chi connectivity index (χ1v) is 13.4. The van der Waals surface area contributed by atoms with Crippen molar-refractivity contribution in [3.8, 4) is 5.75 Å². The van der Waals surface area contributed by atoms with Crippen LogP contribution in [0.5, 0.6) is 5.75 Å². The molecular weight excluding hydrogens is 536 g/mol. The molecular formula is C28H23ClN6O3S. The Morgan fingerprint density at radius 1 is 0.923 bits per heavy atom. The number of amides is 1. The molecule has 0 saturated heterocycles. The van der Waals surface area contributed by atoms with E-state index in [0.717, 1.165) is 5.56 Å². The van der Waals surface area contributed by atoms with Crippen molar-refractivity contribution in [3.63, 3.8) is 0 Å². The van der Waals surface area contributed by atoms with Crippen molar-refractivity contribution in [2.24, 2.45) is 0 Å². The molecule has 1 unspecified atom stereocenters. The first-order valence-electron chi connectivity index (χ1n) is 11.8. The number of carbonyl (C=O) groups excluding carboxylic acids is 1. The molecule has 5 aromatic rings. The third-order valence-electron chi connectivity index (χ3n) is 5.70. The third kappa shape index (κ3) is 6.31. The number of benzene rings is 3. The minimum atomic E-state index is -1.76. The highest BCUT2D eigenvalue weighted by Gasteiger charge is 2.16. The van der Waals surface area contributed by atoms with Gasteiger partial charge in [0, 0.05) is 30.6 Å². The number of para-hydroxylation sites is 2. The van der Waals surface area contributed by atoms with Crippen LogP contribution in [0.4, 0.5) is 17.3 Å². The summed E-state index contributed by atoms with van der Waals surface area (Å²) >= 11 is 6.40. The van der Waals surface area contributed by atoms with Crippen LogP contribution < -0.4 is 20.1 Å². The maximum absolute atomic E-state index is 13.4. The number of halogens is 1. The van der Waals surface area contributed by atoms with E-state index < -0.39 is 11.0 Å². The van der Waals surface area contributed by atoms with Crippen LogP contribution in [0, 0.1) is 0 Å². The SMILES string of the molecule is COc1ccc(Cl)c(Nc2nc3ccccc3nc2NS(=O)c2cccc(C(=O)NCc3ccncc3)c2)c1. The van der Waals surface area contributed by atoms with E-state index in [2.05, 4.69) is 30.3 Å². The number of nitrogens with one attached hydrogen (secondary N) is 3. The van der Waals surface area contributed by atoms with E-state index in [-0.39, 0.29) is 11.7 Å². The Balaban J connectivity index is 1.40. The topological polar surface area (TPSA) is 118 Å². The van der Waals surface area contributed by atoms with E-state index in [9.17, 15) is 9.00 Å². The lowest BCUT2D eigenvalue weighted by Gasteiger charge is -2.15. The fraction of sp³-hybridized carbons (Fsp3) is 0.0714. The molecule has 9 nitrogen and oxygen atoms in total. The molecule has 3 aromatic carbocycles. The second kappa shape index (κ2) is 11.9. The molecule has 0 bridgehead atoms. The number of fused-ring (bicyclic) bond motifs is 1. The summed E-state index contributed by atoms with van der Waals surface area (Å²) in [4.78, 5) is 26.4. The van der Waals surface area contributed by atoms with E-state index in [0.29, 0.717) is 50.3 Å². The van der Waals surface area contributed by atoms with Crippen LogP contribution in [0.25, 0.3) is 11.0 Å². The van der Waals surface area contributed by atoms with Gasteiger partial charge in [-0.05, 0) is 60.2 Å². The molecule has 39 heavy (non-hydrogen) atoms. The molecule has 0 fully saturated rings. The molecule has 0 spiro atoms. The largest absolute Gasteiger partial charge is 0.497 e. The van der Waals surface area contributed by atoms with Gasteiger partial charge < -0.3 is 15.4 Å². The van der Waals surface area contributed by atoms with Crippen molar-refractivity contribution in [2.45, 2.75) is 11.4 Å². The second-order valence-electron chi connectivity index (χ2n) is 8.32. The molecule has 0 aliphatic heterocycles. The second-order valence-corrected chi connectivity index (χ2v) is 9.94. The zero-order valence-corrected chi connectivity index (χ0v) is 22.3. The Bertz CT molecular complexity index is 1670. The molecule has 2 heterocycles. The molecule has 5 rings (SSSR count). The molecule has 0 saturated carbocycles. The standard InChI is InChI=1S/C28H23ClN6O3S/c1-38-20-9-10-22(29)25(16-20)34-26-27(33-24-8-3-2-7-23(24)32-26)35-39(37)21-6-4-5-19(15-21)28(36)31-17-18-11-13-30-14-12-18/h2-16H,17H2,1H3,(H,31,36)(H,32,34)(H,33,35). The number of methoxy groups -OCH3 is 1. The van der Waals surface area contributed by atoms with Gasteiger partial charge in [0.05, 0.1) is 33.7 Å². The Morgan fingerprint density at radius 2 is 1.67 bits per heavy atom. The van der Waals surface area contributed by atoms with E-state index >= 15 is 0 Å². The smallest absolute Gasteiger partial charge is 0.251 e. The van der Waals surface area contributed by atoms with Gasteiger partial charge in [0.15, 0.2) is 22.6 Å². The zero-order chi connectivity index (χ0) is 27.2. The summed E-state index contributed by atoms with van der Waals surface area (Å²) in [6.45, 7) is 0.349. The van der Waals surface area contributed by atoms with Gasteiger partial charge in [-0.25, -0.2) is 14.2 Å². The van der Waals surface area contributed by atoms with Crippen molar-refractivity contribution in [1.82, 2.24) is 20.3 Å². The predicted molar refractivity (Wildman–Crippen MR) is 153 cm³/mol. The first kappa shape index (κ1) is 26.1. The highest BCUT2D eigenvalue weighted by molar-refractivity contribution is 7.86. The van der Waals surface area contributed by atoms with Crippen LogP contribution in [-0.2, 0) is 17.5 Å². The van der Waals surface area contributed by atoms with Crippen LogP contribution in [0.15, 0.2) is 96.2 Å². The van der Waals surface area contributed by atoms with E-state index in [1.807, 2.05) is 36.4 Å². The maximum atomic E-state index is 13.4. The quantitative estimate of drug-likeness (QED) is 0.219. The average Bonchev–Trinajstić information content (AvgIpc) is 2.97. The molecule has 0 aliphatic carbocycles. The van der Waals surface area contributed by atoms with Crippen molar-refractivity contribution < 1.29 is 13.7 Å². The number of ether oxygens (including phenoxy) is 1. The molecule has 0 aliphatic rings. The van der Waals surface area contributed by atoms with Crippen molar-refractivity contribution in [3.05, 3.63) is 107 Å². The summed E-state index contributed by atoms with van der Waals surface area (Å²) < 4.78 is 21.6. The van der Waals surface area contributed by atoms with E-state index in [1.165, 1.54) is 0 Å². The van der Waals surface area contributed by atoms with Crippen molar-refractivity contribution in [2.75, 3.05) is 17.1 Å². The fourth-order valence-electron chi connectivity index (χ4n) is 3.70. The summed E-state index contributed by atoms with van der Waals surface area (Å²) in [5, 5.41) is 6.48. The van der Waals surface area contributed by atoms with Crippen molar-refractivity contribution in [1.29, 1.82) is 0 Å².